The summed E-state index contributed by atoms with van der Waals surface area (Å²) >= 11 is 0. The molecule has 0 bridgehead atoms. The van der Waals surface area contributed by atoms with Crippen LogP contribution in [-0.2, 0) is 9.47 Å². The second kappa shape index (κ2) is 11.0. The third-order valence-electron chi connectivity index (χ3n) is 14.6. The monoisotopic (exact) mass is 584 g/mol. The van der Waals surface area contributed by atoms with Crippen LogP contribution in [0.5, 0.6) is 0 Å². The van der Waals surface area contributed by atoms with Crippen LogP contribution in [0.4, 0.5) is 9.59 Å². The van der Waals surface area contributed by atoms with Crippen molar-refractivity contribution < 1.29 is 19.1 Å². The van der Waals surface area contributed by atoms with E-state index in [1.807, 2.05) is 13.8 Å². The molecule has 6 heteroatoms. The van der Waals surface area contributed by atoms with Crippen LogP contribution in [0.1, 0.15) is 120 Å². The fourth-order valence-corrected chi connectivity index (χ4v) is 12.4. The summed E-state index contributed by atoms with van der Waals surface area (Å²) in [7, 11) is 0. The van der Waals surface area contributed by atoms with Gasteiger partial charge in [0.25, 0.3) is 0 Å². The summed E-state index contributed by atoms with van der Waals surface area (Å²) in [6.07, 6.45) is 11.2. The lowest BCUT2D eigenvalue weighted by atomic mass is 9.32. The molecule has 2 amide bonds. The first-order valence-electron chi connectivity index (χ1n) is 17.2. The Hall–Kier alpha value is -1.72. The molecule has 238 valence electrons. The molecule has 2 N–H and O–H groups in total. The zero-order valence-corrected chi connectivity index (χ0v) is 28.0. The first kappa shape index (κ1) is 31.7. The molecule has 10 atom stereocenters. The number of fused-ring (bicyclic) bond motifs is 7. The molecule has 42 heavy (non-hydrogen) atoms. The third kappa shape index (κ3) is 4.62. The highest BCUT2D eigenvalue weighted by molar-refractivity contribution is 5.67. The zero-order chi connectivity index (χ0) is 30.7. The van der Waals surface area contributed by atoms with Crippen LogP contribution in [0.25, 0.3) is 0 Å². The van der Waals surface area contributed by atoms with Crippen LogP contribution in [0.2, 0.25) is 0 Å². The number of rotatable bonds is 6. The van der Waals surface area contributed by atoms with E-state index in [1.165, 1.54) is 44.1 Å². The van der Waals surface area contributed by atoms with E-state index < -0.39 is 0 Å². The second-order valence-electron chi connectivity index (χ2n) is 16.4. The van der Waals surface area contributed by atoms with Gasteiger partial charge in [0.2, 0.25) is 0 Å². The summed E-state index contributed by atoms with van der Waals surface area (Å²) in [5, 5.41) is 5.70. The van der Waals surface area contributed by atoms with Gasteiger partial charge in [0.05, 0.1) is 6.61 Å². The van der Waals surface area contributed by atoms with E-state index in [1.54, 1.807) is 0 Å². The lowest BCUT2D eigenvalue weighted by molar-refractivity contribution is -0.249. The highest BCUT2D eigenvalue weighted by Gasteiger charge is 2.71. The molecular weight excluding hydrogens is 524 g/mol. The molecule has 0 aromatic heterocycles. The lowest BCUT2D eigenvalue weighted by Crippen LogP contribution is -2.67. The maximum absolute atomic E-state index is 12.5. The Bertz CT molecular complexity index is 1070. The predicted molar refractivity (Wildman–Crippen MR) is 168 cm³/mol. The Morgan fingerprint density at radius 2 is 1.48 bits per heavy atom. The Labute approximate surface area is 255 Å². The molecule has 6 nitrogen and oxygen atoms in total. The van der Waals surface area contributed by atoms with E-state index in [0.717, 1.165) is 25.7 Å². The summed E-state index contributed by atoms with van der Waals surface area (Å²) < 4.78 is 12.0. The van der Waals surface area contributed by atoms with E-state index in [9.17, 15) is 9.59 Å². The number of hydrogen-bond donors (Lipinski definition) is 2. The third-order valence-corrected chi connectivity index (χ3v) is 14.6. The number of hydrogen-bond acceptors (Lipinski definition) is 4. The van der Waals surface area contributed by atoms with Crippen molar-refractivity contribution in [3.05, 3.63) is 12.2 Å². The summed E-state index contributed by atoms with van der Waals surface area (Å²) in [5.41, 5.74) is 2.09. The largest absolute Gasteiger partial charge is 0.449 e. The predicted octanol–water partition coefficient (Wildman–Crippen LogP) is 8.50. The number of carbonyl (C=O) groups is 2. The standard InChI is InChI=1S/C36H60N2O4/c1-10-37-30(39)41-22-36-19-14-24(23(3)4)29(36)25-12-13-27-33(7)17-16-28(42-31(40)38-11-2)32(5,6)26(33)15-18-35(27,9)34(25,8)20-21-36/h24-29H,3,10-22H2,1-2,4-9H3,(H,37,39)(H,38,40)/t24-,25+,26-,27+,28-,29+,33-,34+,35+,36+/m0/s1. The summed E-state index contributed by atoms with van der Waals surface area (Å²) in [6, 6.07) is 0. The van der Waals surface area contributed by atoms with Gasteiger partial charge in [-0.3, -0.25) is 0 Å². The van der Waals surface area contributed by atoms with Crippen LogP contribution >= 0.6 is 0 Å². The van der Waals surface area contributed by atoms with Crippen molar-refractivity contribution in [2.45, 2.75) is 126 Å². The minimum absolute atomic E-state index is 0.0339. The Morgan fingerprint density at radius 1 is 0.786 bits per heavy atom. The molecule has 5 fully saturated rings. The molecule has 5 aliphatic carbocycles. The smallest absolute Gasteiger partial charge is 0.407 e. The fourth-order valence-electron chi connectivity index (χ4n) is 12.4. The molecule has 5 saturated carbocycles. The van der Waals surface area contributed by atoms with Crippen molar-refractivity contribution in [3.8, 4) is 0 Å². The highest BCUT2D eigenvalue weighted by atomic mass is 16.6. The molecule has 5 rings (SSSR count). The summed E-state index contributed by atoms with van der Waals surface area (Å²) in [4.78, 5) is 24.9. The van der Waals surface area contributed by atoms with Crippen LogP contribution in [0.15, 0.2) is 12.2 Å². The van der Waals surface area contributed by atoms with Gasteiger partial charge in [0.15, 0.2) is 0 Å². The summed E-state index contributed by atoms with van der Waals surface area (Å²) in [6.45, 7) is 25.0. The van der Waals surface area contributed by atoms with Crippen molar-refractivity contribution in [1.82, 2.24) is 10.6 Å². The van der Waals surface area contributed by atoms with Gasteiger partial charge in [-0.15, -0.1) is 0 Å². The second-order valence-corrected chi connectivity index (χ2v) is 16.4. The SMILES string of the molecule is C=C(C)[C@@H]1CC[C@]2(COC(=O)NCC)CC[C@]3(C)[C@H](CC[C@@H]4[C@@]5(C)CC[C@H](OC(=O)NCC)C(C)(C)[C@@H]5CC[C@]43C)[C@@H]12. The van der Waals surface area contributed by atoms with Crippen molar-refractivity contribution >= 4 is 12.2 Å². The quantitative estimate of drug-likeness (QED) is 0.307. The summed E-state index contributed by atoms with van der Waals surface area (Å²) in [5.74, 6) is 2.88. The number of alkyl carbamates (subject to hydrolysis) is 2. The molecule has 0 radical (unpaired) electrons. The van der Waals surface area contributed by atoms with Gasteiger partial charge in [-0.05, 0) is 131 Å². The average molecular weight is 585 g/mol. The molecule has 0 spiro atoms. The van der Waals surface area contributed by atoms with Gasteiger partial charge in [0, 0.05) is 23.9 Å². The number of ether oxygens (including phenoxy) is 2. The van der Waals surface area contributed by atoms with E-state index >= 15 is 0 Å². The van der Waals surface area contributed by atoms with Crippen molar-refractivity contribution in [2.24, 2.45) is 56.7 Å². The average Bonchev–Trinajstić information content (AvgIpc) is 3.30. The van der Waals surface area contributed by atoms with Gasteiger partial charge < -0.3 is 20.1 Å². The minimum atomic E-state index is -0.269. The fraction of sp³-hybridized carbons (Fsp3) is 0.889. The molecule has 0 saturated heterocycles. The van der Waals surface area contributed by atoms with E-state index in [0.29, 0.717) is 49.3 Å². The molecule has 0 aromatic carbocycles. The van der Waals surface area contributed by atoms with Crippen molar-refractivity contribution in [3.63, 3.8) is 0 Å². The topological polar surface area (TPSA) is 76.7 Å². The Morgan fingerprint density at radius 3 is 2.14 bits per heavy atom. The highest BCUT2D eigenvalue weighted by Crippen LogP contribution is 2.77. The van der Waals surface area contributed by atoms with E-state index in [-0.39, 0.29) is 45.4 Å². The van der Waals surface area contributed by atoms with Gasteiger partial charge in [0.1, 0.15) is 6.10 Å². The number of amides is 2. The molecule has 0 aromatic rings. The van der Waals surface area contributed by atoms with E-state index in [2.05, 4.69) is 58.8 Å². The normalized spacial score (nSPS) is 45.3. The Balaban J connectivity index is 1.44. The number of carbonyl (C=O) groups excluding carboxylic acids is 2. The maximum atomic E-state index is 12.5. The van der Waals surface area contributed by atoms with Crippen molar-refractivity contribution in [2.75, 3.05) is 19.7 Å². The molecule has 0 unspecified atom stereocenters. The molecule has 5 aliphatic rings. The minimum Gasteiger partial charge on any atom is -0.449 e. The molecule has 0 aliphatic heterocycles. The van der Waals surface area contributed by atoms with E-state index in [4.69, 9.17) is 9.47 Å². The van der Waals surface area contributed by atoms with Crippen LogP contribution in [-0.4, -0.2) is 38.0 Å². The number of nitrogens with one attached hydrogen (secondary N) is 2. The van der Waals surface area contributed by atoms with Crippen LogP contribution in [0, 0.1) is 56.7 Å². The lowest BCUT2D eigenvalue weighted by Gasteiger charge is -2.73. The van der Waals surface area contributed by atoms with Crippen LogP contribution < -0.4 is 10.6 Å². The van der Waals surface area contributed by atoms with Gasteiger partial charge in [-0.2, -0.15) is 0 Å². The molecular formula is C36H60N2O4. The molecule has 0 heterocycles. The number of allylic oxidation sites excluding steroid dienone is 1. The first-order valence-corrected chi connectivity index (χ1v) is 17.2. The van der Waals surface area contributed by atoms with Gasteiger partial charge in [-0.1, -0.05) is 46.8 Å². The first-order chi connectivity index (χ1) is 19.7. The zero-order valence-electron chi connectivity index (χ0n) is 28.0. The van der Waals surface area contributed by atoms with Crippen LogP contribution in [0.3, 0.4) is 0 Å². The van der Waals surface area contributed by atoms with Crippen molar-refractivity contribution in [1.29, 1.82) is 0 Å². The van der Waals surface area contributed by atoms with Gasteiger partial charge in [-0.25, -0.2) is 9.59 Å². The van der Waals surface area contributed by atoms with Gasteiger partial charge >= 0.3 is 12.2 Å². The Kier molecular flexibility index (Phi) is 8.31. The maximum Gasteiger partial charge on any atom is 0.407 e.